The molecule has 1 aromatic heterocycles. The number of hydrogen-bond donors (Lipinski definition) is 1. The highest BCUT2D eigenvalue weighted by Crippen LogP contribution is 2.15. The molecule has 0 spiro atoms. The third kappa shape index (κ3) is 4.20. The van der Waals surface area contributed by atoms with E-state index in [4.69, 9.17) is 0 Å². The SMILES string of the molecule is O=C(c1cc(Br)c[nH]1)N1CCCN(Cc2ccc(F)cc2)CC1. The molecule has 1 fully saturated rings. The lowest BCUT2D eigenvalue weighted by atomic mass is 10.2. The Morgan fingerprint density at radius 3 is 2.65 bits per heavy atom. The average Bonchev–Trinajstić information content (AvgIpc) is 2.84. The number of aromatic nitrogens is 1. The number of nitrogens with one attached hydrogen (secondary N) is 1. The zero-order valence-corrected chi connectivity index (χ0v) is 14.4. The van der Waals surface area contributed by atoms with Crippen LogP contribution in [0.1, 0.15) is 22.5 Å². The van der Waals surface area contributed by atoms with Gasteiger partial charge in [0.15, 0.2) is 0 Å². The summed E-state index contributed by atoms with van der Waals surface area (Å²) in [6.45, 7) is 4.02. The molecule has 4 nitrogen and oxygen atoms in total. The molecule has 3 rings (SSSR count). The summed E-state index contributed by atoms with van der Waals surface area (Å²) in [5.41, 5.74) is 1.71. The van der Waals surface area contributed by atoms with Crippen molar-refractivity contribution in [3.63, 3.8) is 0 Å². The van der Waals surface area contributed by atoms with Gasteiger partial charge in [0.1, 0.15) is 11.5 Å². The zero-order chi connectivity index (χ0) is 16.2. The predicted molar refractivity (Wildman–Crippen MR) is 90.7 cm³/mol. The van der Waals surface area contributed by atoms with Crippen molar-refractivity contribution in [1.29, 1.82) is 0 Å². The highest BCUT2D eigenvalue weighted by atomic mass is 79.9. The summed E-state index contributed by atoms with van der Waals surface area (Å²) in [4.78, 5) is 19.7. The summed E-state index contributed by atoms with van der Waals surface area (Å²) < 4.78 is 13.9. The molecule has 1 aliphatic heterocycles. The number of rotatable bonds is 3. The van der Waals surface area contributed by atoms with Crippen molar-refractivity contribution < 1.29 is 9.18 Å². The molecule has 1 amide bonds. The zero-order valence-electron chi connectivity index (χ0n) is 12.8. The number of hydrogen-bond acceptors (Lipinski definition) is 2. The van der Waals surface area contributed by atoms with E-state index >= 15 is 0 Å². The van der Waals surface area contributed by atoms with Crippen LogP contribution in [0, 0.1) is 5.82 Å². The Morgan fingerprint density at radius 1 is 1.17 bits per heavy atom. The molecule has 23 heavy (non-hydrogen) atoms. The molecular formula is C17H19BrFN3O. The maximum Gasteiger partial charge on any atom is 0.270 e. The van der Waals surface area contributed by atoms with Gasteiger partial charge in [-0.3, -0.25) is 9.69 Å². The number of aromatic amines is 1. The molecule has 2 heterocycles. The van der Waals surface area contributed by atoms with Gasteiger partial charge < -0.3 is 9.88 Å². The van der Waals surface area contributed by atoms with E-state index in [1.807, 2.05) is 23.1 Å². The van der Waals surface area contributed by atoms with E-state index in [0.29, 0.717) is 12.2 Å². The Bertz CT molecular complexity index is 671. The van der Waals surface area contributed by atoms with E-state index in [-0.39, 0.29) is 11.7 Å². The molecule has 0 unspecified atom stereocenters. The summed E-state index contributed by atoms with van der Waals surface area (Å²) in [6.07, 6.45) is 2.71. The van der Waals surface area contributed by atoms with Crippen LogP contribution in [-0.4, -0.2) is 46.9 Å². The van der Waals surface area contributed by atoms with Crippen LogP contribution in [0.3, 0.4) is 0 Å². The molecule has 0 saturated carbocycles. The molecule has 2 aromatic rings. The second-order valence-corrected chi connectivity index (χ2v) is 6.70. The van der Waals surface area contributed by atoms with E-state index < -0.39 is 0 Å². The van der Waals surface area contributed by atoms with Crippen molar-refractivity contribution in [2.75, 3.05) is 26.2 Å². The minimum atomic E-state index is -0.210. The van der Waals surface area contributed by atoms with Crippen molar-refractivity contribution >= 4 is 21.8 Å². The van der Waals surface area contributed by atoms with Crippen molar-refractivity contribution in [1.82, 2.24) is 14.8 Å². The molecule has 1 N–H and O–H groups in total. The predicted octanol–water partition coefficient (Wildman–Crippen LogP) is 3.26. The van der Waals surface area contributed by atoms with Crippen LogP contribution < -0.4 is 0 Å². The molecule has 6 heteroatoms. The fourth-order valence-corrected chi connectivity index (χ4v) is 3.19. The van der Waals surface area contributed by atoms with E-state index in [9.17, 15) is 9.18 Å². The molecule has 1 saturated heterocycles. The van der Waals surface area contributed by atoms with Gasteiger partial charge in [-0.05, 0) is 46.1 Å². The number of carbonyl (C=O) groups is 1. The quantitative estimate of drug-likeness (QED) is 0.888. The van der Waals surface area contributed by atoms with Crippen LogP contribution in [0.5, 0.6) is 0 Å². The van der Waals surface area contributed by atoms with Gasteiger partial charge in [-0.1, -0.05) is 12.1 Å². The van der Waals surface area contributed by atoms with Gasteiger partial charge in [-0.25, -0.2) is 4.39 Å². The molecule has 0 bridgehead atoms. The monoisotopic (exact) mass is 379 g/mol. The average molecular weight is 380 g/mol. The first-order chi connectivity index (χ1) is 11.1. The first kappa shape index (κ1) is 16.2. The first-order valence-electron chi connectivity index (χ1n) is 7.72. The minimum absolute atomic E-state index is 0.0410. The second-order valence-electron chi connectivity index (χ2n) is 5.78. The Hall–Kier alpha value is -1.66. The van der Waals surface area contributed by atoms with Gasteiger partial charge in [0.25, 0.3) is 5.91 Å². The number of benzene rings is 1. The summed E-state index contributed by atoms with van der Waals surface area (Å²) >= 11 is 3.35. The van der Waals surface area contributed by atoms with Crippen molar-refractivity contribution in [2.24, 2.45) is 0 Å². The van der Waals surface area contributed by atoms with Crippen molar-refractivity contribution in [3.8, 4) is 0 Å². The van der Waals surface area contributed by atoms with E-state index in [2.05, 4.69) is 25.8 Å². The van der Waals surface area contributed by atoms with E-state index in [1.54, 1.807) is 6.20 Å². The molecule has 122 valence electrons. The summed E-state index contributed by atoms with van der Waals surface area (Å²) in [6, 6.07) is 8.43. The fourth-order valence-electron chi connectivity index (χ4n) is 2.84. The second kappa shape index (κ2) is 7.27. The first-order valence-corrected chi connectivity index (χ1v) is 8.51. The highest BCUT2D eigenvalue weighted by molar-refractivity contribution is 9.10. The maximum atomic E-state index is 13.0. The van der Waals surface area contributed by atoms with Gasteiger partial charge in [-0.15, -0.1) is 0 Å². The van der Waals surface area contributed by atoms with Gasteiger partial charge in [0.2, 0.25) is 0 Å². The molecule has 0 radical (unpaired) electrons. The van der Waals surface area contributed by atoms with Crippen LogP contribution in [-0.2, 0) is 6.54 Å². The number of amides is 1. The smallest absolute Gasteiger partial charge is 0.270 e. The number of halogens is 2. The number of H-pyrrole nitrogens is 1. The normalized spacial score (nSPS) is 16.3. The van der Waals surface area contributed by atoms with Crippen LogP contribution in [0.25, 0.3) is 0 Å². The third-order valence-corrected chi connectivity index (χ3v) is 4.53. The minimum Gasteiger partial charge on any atom is -0.356 e. The molecule has 1 aliphatic rings. The molecular weight excluding hydrogens is 361 g/mol. The summed E-state index contributed by atoms with van der Waals surface area (Å²) in [5, 5.41) is 0. The Labute approximate surface area is 143 Å². The number of carbonyl (C=O) groups excluding carboxylic acids is 1. The fraction of sp³-hybridized carbons (Fsp3) is 0.353. The Morgan fingerprint density at radius 2 is 1.96 bits per heavy atom. The third-order valence-electron chi connectivity index (χ3n) is 4.07. The topological polar surface area (TPSA) is 39.3 Å². The molecule has 0 atom stereocenters. The standard InChI is InChI=1S/C17H19BrFN3O/c18-14-10-16(20-11-14)17(23)22-7-1-6-21(8-9-22)12-13-2-4-15(19)5-3-13/h2-5,10-11,20H,1,6-9,12H2. The summed E-state index contributed by atoms with van der Waals surface area (Å²) in [5.74, 6) is -0.169. The van der Waals surface area contributed by atoms with Crippen molar-refractivity contribution in [2.45, 2.75) is 13.0 Å². The van der Waals surface area contributed by atoms with Crippen molar-refractivity contribution in [3.05, 3.63) is 58.1 Å². The lowest BCUT2D eigenvalue weighted by Gasteiger charge is -2.21. The van der Waals surface area contributed by atoms with Crippen LogP contribution in [0.15, 0.2) is 41.0 Å². The van der Waals surface area contributed by atoms with E-state index in [1.165, 1.54) is 12.1 Å². The van der Waals surface area contributed by atoms with Gasteiger partial charge in [0.05, 0.1) is 0 Å². The lowest BCUT2D eigenvalue weighted by Crippen LogP contribution is -2.35. The maximum absolute atomic E-state index is 13.0. The highest BCUT2D eigenvalue weighted by Gasteiger charge is 2.21. The number of nitrogens with zero attached hydrogens (tertiary/aromatic N) is 2. The van der Waals surface area contributed by atoms with Gasteiger partial charge in [0, 0.05) is 43.4 Å². The van der Waals surface area contributed by atoms with Gasteiger partial charge in [-0.2, -0.15) is 0 Å². The van der Waals surface area contributed by atoms with Gasteiger partial charge >= 0.3 is 0 Å². The van der Waals surface area contributed by atoms with Crippen LogP contribution in [0.2, 0.25) is 0 Å². The lowest BCUT2D eigenvalue weighted by molar-refractivity contribution is 0.0756. The Kier molecular flexibility index (Phi) is 5.13. The van der Waals surface area contributed by atoms with Crippen LogP contribution >= 0.6 is 15.9 Å². The largest absolute Gasteiger partial charge is 0.356 e. The molecule has 1 aromatic carbocycles. The van der Waals surface area contributed by atoms with Crippen LogP contribution in [0.4, 0.5) is 4.39 Å². The summed E-state index contributed by atoms with van der Waals surface area (Å²) in [7, 11) is 0. The molecule has 0 aliphatic carbocycles. The Balaban J connectivity index is 1.58. The van der Waals surface area contributed by atoms with E-state index in [0.717, 1.165) is 42.6 Å².